The number of anilines is 1. The monoisotopic (exact) mass is 294 g/mol. The van der Waals surface area contributed by atoms with Crippen molar-refractivity contribution in [3.05, 3.63) is 59.4 Å². The molecule has 0 aliphatic rings. The van der Waals surface area contributed by atoms with E-state index < -0.39 is 23.2 Å². The Bertz CT molecular complexity index is 653. The number of alkyl halides is 3. The Morgan fingerprint density at radius 3 is 2.62 bits per heavy atom. The van der Waals surface area contributed by atoms with Gasteiger partial charge in [-0.15, -0.1) is 0 Å². The van der Waals surface area contributed by atoms with Gasteiger partial charge in [0.2, 0.25) is 0 Å². The first kappa shape index (κ1) is 15.0. The van der Waals surface area contributed by atoms with Crippen molar-refractivity contribution in [2.75, 3.05) is 5.32 Å². The molecule has 6 heteroatoms. The van der Waals surface area contributed by atoms with Crippen LogP contribution in [0.25, 0.3) is 0 Å². The number of benzene rings is 1. The maximum Gasteiger partial charge on any atom is 0.417 e. The number of carbonyl (C=O) groups is 1. The molecule has 0 saturated carbocycles. The molecule has 0 bridgehead atoms. The summed E-state index contributed by atoms with van der Waals surface area (Å²) in [5.74, 6) is -0.823. The van der Waals surface area contributed by atoms with Crippen LogP contribution >= 0.6 is 0 Å². The molecule has 1 aromatic carbocycles. The smallest absolute Gasteiger partial charge is 0.322 e. The zero-order chi connectivity index (χ0) is 15.5. The number of halogens is 3. The second kappa shape index (κ2) is 5.95. The summed E-state index contributed by atoms with van der Waals surface area (Å²) in [6, 6.07) is 7.77. The lowest BCUT2D eigenvalue weighted by Crippen LogP contribution is -2.19. The molecule has 0 aliphatic carbocycles. The number of aromatic nitrogens is 1. The summed E-state index contributed by atoms with van der Waals surface area (Å²) in [4.78, 5) is 15.7. The van der Waals surface area contributed by atoms with E-state index in [-0.39, 0.29) is 0 Å². The van der Waals surface area contributed by atoms with Gasteiger partial charge in [0.25, 0.3) is 5.91 Å². The number of rotatable bonds is 3. The third-order valence-electron chi connectivity index (χ3n) is 3.02. The zero-order valence-electron chi connectivity index (χ0n) is 11.2. The Balaban J connectivity index is 2.34. The third kappa shape index (κ3) is 3.39. The molecule has 0 aliphatic heterocycles. The number of hydrogen-bond donors (Lipinski definition) is 1. The minimum absolute atomic E-state index is 0.490. The van der Waals surface area contributed by atoms with E-state index >= 15 is 0 Å². The molecule has 1 N–H and O–H groups in total. The van der Waals surface area contributed by atoms with E-state index in [0.717, 1.165) is 24.0 Å². The molecular weight excluding hydrogens is 281 g/mol. The fraction of sp³-hybridized carbons (Fsp3) is 0.200. The molecule has 21 heavy (non-hydrogen) atoms. The van der Waals surface area contributed by atoms with Crippen molar-refractivity contribution >= 4 is 11.6 Å². The predicted octanol–water partition coefficient (Wildman–Crippen LogP) is 3.92. The topological polar surface area (TPSA) is 42.0 Å². The van der Waals surface area contributed by atoms with E-state index in [1.54, 1.807) is 18.2 Å². The number of para-hydroxylation sites is 1. The average Bonchev–Trinajstić information content (AvgIpc) is 2.47. The highest BCUT2D eigenvalue weighted by Crippen LogP contribution is 2.31. The number of amides is 1. The normalized spacial score (nSPS) is 11.2. The highest BCUT2D eigenvalue weighted by atomic mass is 19.4. The summed E-state index contributed by atoms with van der Waals surface area (Å²) in [6.45, 7) is 1.90. The molecule has 2 aromatic rings. The quantitative estimate of drug-likeness (QED) is 0.932. The average molecular weight is 294 g/mol. The molecule has 1 aromatic heterocycles. The van der Waals surface area contributed by atoms with Crippen LogP contribution in [0, 0.1) is 0 Å². The minimum atomic E-state index is -4.60. The Morgan fingerprint density at radius 2 is 1.95 bits per heavy atom. The molecule has 1 amide bonds. The van der Waals surface area contributed by atoms with Gasteiger partial charge >= 0.3 is 6.18 Å². The zero-order valence-corrected chi connectivity index (χ0v) is 11.2. The van der Waals surface area contributed by atoms with Crippen LogP contribution in [0.4, 0.5) is 18.9 Å². The number of nitrogens with one attached hydrogen (secondary N) is 1. The lowest BCUT2D eigenvalue weighted by Gasteiger charge is -2.13. The summed E-state index contributed by atoms with van der Waals surface area (Å²) in [6.07, 6.45) is -2.00. The molecule has 0 saturated heterocycles. The van der Waals surface area contributed by atoms with Crippen LogP contribution in [0.5, 0.6) is 0 Å². The lowest BCUT2D eigenvalue weighted by molar-refractivity contribution is -0.137. The van der Waals surface area contributed by atoms with Crippen LogP contribution in [0.2, 0.25) is 0 Å². The number of hydrogen-bond acceptors (Lipinski definition) is 2. The molecule has 1 heterocycles. The van der Waals surface area contributed by atoms with Crippen molar-refractivity contribution < 1.29 is 18.0 Å². The Morgan fingerprint density at radius 1 is 1.24 bits per heavy atom. The van der Waals surface area contributed by atoms with Gasteiger partial charge in [0, 0.05) is 18.1 Å². The third-order valence-corrected chi connectivity index (χ3v) is 3.02. The predicted molar refractivity (Wildman–Crippen MR) is 73.0 cm³/mol. The molecule has 0 fully saturated rings. The summed E-state index contributed by atoms with van der Waals surface area (Å²) in [7, 11) is 0. The minimum Gasteiger partial charge on any atom is -0.322 e. The van der Waals surface area contributed by atoms with E-state index in [1.807, 2.05) is 13.0 Å². The van der Waals surface area contributed by atoms with Gasteiger partial charge < -0.3 is 5.32 Å². The summed E-state index contributed by atoms with van der Waals surface area (Å²) in [5, 5.41) is 2.51. The van der Waals surface area contributed by atoms with Gasteiger partial charge in [0.1, 0.15) is 0 Å². The standard InChI is InChI=1S/C15H13F3N2O/c1-2-10-5-3-4-6-13(10)20-14(21)11-9-19-8-7-12(11)15(16,17)18/h3-9H,2H2,1H3,(H,20,21). The van der Waals surface area contributed by atoms with Gasteiger partial charge in [-0.1, -0.05) is 25.1 Å². The second-order valence-electron chi connectivity index (χ2n) is 4.38. The fourth-order valence-electron chi connectivity index (χ4n) is 1.96. The largest absolute Gasteiger partial charge is 0.417 e. The van der Waals surface area contributed by atoms with Crippen LogP contribution in [0.1, 0.15) is 28.4 Å². The number of pyridine rings is 1. The Hall–Kier alpha value is -2.37. The fourth-order valence-corrected chi connectivity index (χ4v) is 1.96. The van der Waals surface area contributed by atoms with Crippen molar-refractivity contribution in [3.8, 4) is 0 Å². The lowest BCUT2D eigenvalue weighted by atomic mass is 10.1. The number of nitrogens with zero attached hydrogens (tertiary/aromatic N) is 1. The van der Waals surface area contributed by atoms with Gasteiger partial charge in [0.15, 0.2) is 0 Å². The van der Waals surface area contributed by atoms with Crippen LogP contribution in [-0.4, -0.2) is 10.9 Å². The molecule has 0 unspecified atom stereocenters. The summed E-state index contributed by atoms with van der Waals surface area (Å²) < 4.78 is 38.7. The highest BCUT2D eigenvalue weighted by molar-refractivity contribution is 6.05. The molecule has 3 nitrogen and oxygen atoms in total. The second-order valence-corrected chi connectivity index (χ2v) is 4.38. The molecule has 0 radical (unpaired) electrons. The van der Waals surface area contributed by atoms with Crippen molar-refractivity contribution in [1.82, 2.24) is 4.98 Å². The van der Waals surface area contributed by atoms with E-state index in [2.05, 4.69) is 10.3 Å². The van der Waals surface area contributed by atoms with Crippen LogP contribution < -0.4 is 5.32 Å². The summed E-state index contributed by atoms with van der Waals surface area (Å²) in [5.41, 5.74) is -0.134. The van der Waals surface area contributed by atoms with Crippen molar-refractivity contribution in [2.45, 2.75) is 19.5 Å². The Labute approximate surface area is 119 Å². The maximum atomic E-state index is 12.9. The van der Waals surface area contributed by atoms with Gasteiger partial charge in [-0.3, -0.25) is 9.78 Å². The summed E-state index contributed by atoms with van der Waals surface area (Å²) >= 11 is 0. The first-order valence-electron chi connectivity index (χ1n) is 6.34. The number of carbonyl (C=O) groups excluding carboxylic acids is 1. The van der Waals surface area contributed by atoms with E-state index in [9.17, 15) is 18.0 Å². The number of aryl methyl sites for hydroxylation is 1. The SMILES string of the molecule is CCc1ccccc1NC(=O)c1cnccc1C(F)(F)F. The van der Waals surface area contributed by atoms with E-state index in [4.69, 9.17) is 0 Å². The molecule has 2 rings (SSSR count). The molecule has 0 spiro atoms. The van der Waals surface area contributed by atoms with Gasteiger partial charge in [-0.2, -0.15) is 13.2 Å². The Kier molecular flexibility index (Phi) is 4.26. The molecule has 0 atom stereocenters. The highest BCUT2D eigenvalue weighted by Gasteiger charge is 2.35. The van der Waals surface area contributed by atoms with Crippen molar-refractivity contribution in [1.29, 1.82) is 0 Å². The van der Waals surface area contributed by atoms with Gasteiger partial charge in [0.05, 0.1) is 11.1 Å². The van der Waals surface area contributed by atoms with Crippen LogP contribution in [0.15, 0.2) is 42.7 Å². The van der Waals surface area contributed by atoms with Crippen molar-refractivity contribution in [2.24, 2.45) is 0 Å². The molecular formula is C15H13F3N2O. The molecule has 110 valence electrons. The van der Waals surface area contributed by atoms with Crippen LogP contribution in [-0.2, 0) is 12.6 Å². The first-order chi connectivity index (χ1) is 9.93. The first-order valence-corrected chi connectivity index (χ1v) is 6.34. The maximum absolute atomic E-state index is 12.9. The van der Waals surface area contributed by atoms with Crippen LogP contribution in [0.3, 0.4) is 0 Å². The van der Waals surface area contributed by atoms with E-state index in [0.29, 0.717) is 12.1 Å². The van der Waals surface area contributed by atoms with E-state index in [1.165, 1.54) is 0 Å². The van der Waals surface area contributed by atoms with Gasteiger partial charge in [-0.05, 0) is 24.1 Å². The van der Waals surface area contributed by atoms with Crippen molar-refractivity contribution in [3.63, 3.8) is 0 Å². The van der Waals surface area contributed by atoms with Gasteiger partial charge in [-0.25, -0.2) is 0 Å².